The second-order valence-corrected chi connectivity index (χ2v) is 8.74. The molecule has 0 radical (unpaired) electrons. The molecule has 5 rings (SSSR count). The summed E-state index contributed by atoms with van der Waals surface area (Å²) in [5.41, 5.74) is 2.15. The number of hydrogen-bond donors (Lipinski definition) is 2. The molecule has 0 unspecified atom stereocenters. The lowest BCUT2D eigenvalue weighted by Gasteiger charge is -2.36. The Balaban J connectivity index is 1.31. The Morgan fingerprint density at radius 3 is 2.71 bits per heavy atom. The van der Waals surface area contributed by atoms with E-state index < -0.39 is 0 Å². The molecule has 0 amide bonds. The number of aromatic nitrogens is 2. The van der Waals surface area contributed by atoms with Gasteiger partial charge in [0.2, 0.25) is 0 Å². The molecule has 1 aromatic carbocycles. The van der Waals surface area contributed by atoms with Crippen molar-refractivity contribution >= 4 is 27.2 Å². The highest BCUT2D eigenvalue weighted by atomic mass is 32.1. The molecule has 3 aromatic rings. The third-order valence-electron chi connectivity index (χ3n) is 5.84. The van der Waals surface area contributed by atoms with E-state index in [1.165, 1.54) is 23.3 Å². The Labute approximate surface area is 167 Å². The second kappa shape index (κ2) is 7.22. The van der Waals surface area contributed by atoms with Gasteiger partial charge in [-0.1, -0.05) is 12.1 Å². The Hall–Kier alpha value is -2.38. The molecule has 28 heavy (non-hydrogen) atoms. The second-order valence-electron chi connectivity index (χ2n) is 7.66. The average Bonchev–Trinajstić information content (AvgIpc) is 3.08. The molecule has 1 aliphatic heterocycles. The number of anilines is 1. The molecular weight excluding hydrogens is 372 g/mol. The molecule has 0 spiro atoms. The van der Waals surface area contributed by atoms with Crippen LogP contribution in [-0.2, 0) is 19.4 Å². The lowest BCUT2D eigenvalue weighted by molar-refractivity contribution is 0.243. The van der Waals surface area contributed by atoms with Crippen LogP contribution in [0.2, 0.25) is 0 Å². The van der Waals surface area contributed by atoms with E-state index in [9.17, 15) is 9.90 Å². The minimum Gasteiger partial charge on any atom is -0.506 e. The Kier molecular flexibility index (Phi) is 4.56. The first-order valence-corrected chi connectivity index (χ1v) is 10.8. The number of rotatable bonds is 3. The van der Waals surface area contributed by atoms with Crippen molar-refractivity contribution in [1.82, 2.24) is 14.9 Å². The van der Waals surface area contributed by atoms with Gasteiger partial charge in [-0.25, -0.2) is 4.98 Å². The van der Waals surface area contributed by atoms with Crippen LogP contribution in [-0.4, -0.2) is 46.2 Å². The molecule has 1 aliphatic carbocycles. The number of benzene rings is 1. The predicted octanol–water partition coefficient (Wildman–Crippen LogP) is 2.89. The van der Waals surface area contributed by atoms with Gasteiger partial charge in [-0.05, 0) is 43.4 Å². The molecule has 2 aliphatic rings. The number of piperazine rings is 1. The molecule has 0 atom stereocenters. The number of nitrogens with one attached hydrogen (secondary N) is 1. The van der Waals surface area contributed by atoms with E-state index in [0.29, 0.717) is 12.3 Å². The van der Waals surface area contributed by atoms with E-state index in [-0.39, 0.29) is 5.56 Å². The summed E-state index contributed by atoms with van der Waals surface area (Å²) in [5.74, 6) is 1.08. The van der Waals surface area contributed by atoms with Gasteiger partial charge in [0.05, 0.1) is 17.6 Å². The maximum atomic E-state index is 12.7. The van der Waals surface area contributed by atoms with Crippen LogP contribution in [0.1, 0.15) is 29.1 Å². The van der Waals surface area contributed by atoms with E-state index in [4.69, 9.17) is 4.98 Å². The number of H-pyrrole nitrogens is 1. The number of hydrogen-bond acceptors (Lipinski definition) is 6. The van der Waals surface area contributed by atoms with Crippen molar-refractivity contribution in [1.29, 1.82) is 0 Å². The van der Waals surface area contributed by atoms with Crippen LogP contribution in [0.4, 0.5) is 5.69 Å². The summed E-state index contributed by atoms with van der Waals surface area (Å²) in [5, 5.41) is 10.9. The van der Waals surface area contributed by atoms with Gasteiger partial charge in [-0.15, -0.1) is 11.3 Å². The molecule has 2 N–H and O–H groups in total. The average molecular weight is 397 g/mol. The standard InChI is InChI=1S/C21H24N4O2S/c26-16-7-3-2-6-15(16)25-11-9-24(10-12-25)13-18-22-20(27)19-14-5-1-4-8-17(14)28-21(19)23-18/h2-3,6-7,26H,1,4-5,8-13H2,(H,22,23,27). The summed E-state index contributed by atoms with van der Waals surface area (Å²) in [7, 11) is 0. The van der Waals surface area contributed by atoms with Gasteiger partial charge in [0, 0.05) is 31.1 Å². The molecule has 1 fully saturated rings. The lowest BCUT2D eigenvalue weighted by atomic mass is 9.97. The van der Waals surface area contributed by atoms with Crippen LogP contribution in [0.15, 0.2) is 29.1 Å². The Morgan fingerprint density at radius 2 is 1.89 bits per heavy atom. The van der Waals surface area contributed by atoms with Crippen LogP contribution in [0.25, 0.3) is 10.2 Å². The van der Waals surface area contributed by atoms with Gasteiger partial charge in [0.15, 0.2) is 0 Å². The zero-order valence-electron chi connectivity index (χ0n) is 15.8. The number of aryl methyl sites for hydroxylation is 2. The fourth-order valence-corrected chi connectivity index (χ4v) is 5.65. The maximum absolute atomic E-state index is 12.7. The molecule has 7 heteroatoms. The molecule has 0 bridgehead atoms. The van der Waals surface area contributed by atoms with Crippen molar-refractivity contribution < 1.29 is 5.11 Å². The van der Waals surface area contributed by atoms with Crippen LogP contribution in [0, 0.1) is 0 Å². The van der Waals surface area contributed by atoms with Crippen LogP contribution in [0.5, 0.6) is 5.75 Å². The lowest BCUT2D eigenvalue weighted by Crippen LogP contribution is -2.46. The third kappa shape index (κ3) is 3.18. The number of nitrogens with zero attached hydrogens (tertiary/aromatic N) is 3. The maximum Gasteiger partial charge on any atom is 0.259 e. The van der Waals surface area contributed by atoms with Crippen molar-refractivity contribution in [3.63, 3.8) is 0 Å². The normalized spacial score (nSPS) is 17.8. The van der Waals surface area contributed by atoms with Gasteiger partial charge >= 0.3 is 0 Å². The highest BCUT2D eigenvalue weighted by Gasteiger charge is 2.22. The minimum atomic E-state index is 0.0206. The van der Waals surface area contributed by atoms with Gasteiger partial charge in [0.1, 0.15) is 16.4 Å². The van der Waals surface area contributed by atoms with Crippen LogP contribution >= 0.6 is 11.3 Å². The van der Waals surface area contributed by atoms with Gasteiger partial charge in [0.25, 0.3) is 5.56 Å². The van der Waals surface area contributed by atoms with Crippen LogP contribution < -0.4 is 10.5 Å². The number of aromatic hydroxyl groups is 1. The third-order valence-corrected chi connectivity index (χ3v) is 7.03. The molecular formula is C21H24N4O2S. The number of fused-ring (bicyclic) bond motifs is 3. The predicted molar refractivity (Wildman–Crippen MR) is 112 cm³/mol. The van der Waals surface area contributed by atoms with Gasteiger partial charge < -0.3 is 15.0 Å². The summed E-state index contributed by atoms with van der Waals surface area (Å²) >= 11 is 1.70. The van der Waals surface area contributed by atoms with E-state index >= 15 is 0 Å². The molecule has 1 saturated heterocycles. The van der Waals surface area contributed by atoms with E-state index in [0.717, 1.165) is 60.7 Å². The fraction of sp³-hybridized carbons (Fsp3) is 0.429. The summed E-state index contributed by atoms with van der Waals surface area (Å²) in [6, 6.07) is 7.48. The smallest absolute Gasteiger partial charge is 0.259 e. The fourth-order valence-electron chi connectivity index (χ4n) is 4.37. The Bertz CT molecular complexity index is 1070. The Morgan fingerprint density at radius 1 is 1.11 bits per heavy atom. The first-order chi connectivity index (χ1) is 13.7. The summed E-state index contributed by atoms with van der Waals surface area (Å²) in [4.78, 5) is 27.3. The van der Waals surface area contributed by atoms with Crippen molar-refractivity contribution in [2.24, 2.45) is 0 Å². The molecule has 2 aromatic heterocycles. The summed E-state index contributed by atoms with van der Waals surface area (Å²) in [6.45, 7) is 4.09. The monoisotopic (exact) mass is 396 g/mol. The van der Waals surface area contributed by atoms with Crippen molar-refractivity contribution in [2.75, 3.05) is 31.1 Å². The quantitative estimate of drug-likeness (QED) is 0.712. The molecule has 146 valence electrons. The SMILES string of the molecule is O=c1[nH]c(CN2CCN(c3ccccc3O)CC2)nc2sc3c(c12)CCCC3. The summed E-state index contributed by atoms with van der Waals surface area (Å²) < 4.78 is 0. The van der Waals surface area contributed by atoms with E-state index in [2.05, 4.69) is 14.8 Å². The molecule has 0 saturated carbocycles. The minimum absolute atomic E-state index is 0.0206. The number of thiophene rings is 1. The van der Waals surface area contributed by atoms with Crippen molar-refractivity contribution in [3.05, 3.63) is 50.9 Å². The molecule has 3 heterocycles. The highest BCUT2D eigenvalue weighted by Crippen LogP contribution is 2.33. The molecule has 6 nitrogen and oxygen atoms in total. The topological polar surface area (TPSA) is 72.5 Å². The van der Waals surface area contributed by atoms with Crippen molar-refractivity contribution in [2.45, 2.75) is 32.2 Å². The van der Waals surface area contributed by atoms with E-state index in [1.807, 2.05) is 18.2 Å². The first kappa shape index (κ1) is 17.7. The number of aromatic amines is 1. The van der Waals surface area contributed by atoms with E-state index in [1.54, 1.807) is 17.4 Å². The number of phenolic OH excluding ortho intramolecular Hbond substituents is 1. The largest absolute Gasteiger partial charge is 0.506 e. The van der Waals surface area contributed by atoms with Gasteiger partial charge in [-0.3, -0.25) is 9.69 Å². The number of phenols is 1. The van der Waals surface area contributed by atoms with Crippen LogP contribution in [0.3, 0.4) is 0 Å². The zero-order chi connectivity index (χ0) is 19.1. The highest BCUT2D eigenvalue weighted by molar-refractivity contribution is 7.18. The van der Waals surface area contributed by atoms with Gasteiger partial charge in [-0.2, -0.15) is 0 Å². The zero-order valence-corrected chi connectivity index (χ0v) is 16.6. The summed E-state index contributed by atoms with van der Waals surface area (Å²) in [6.07, 6.45) is 4.47. The van der Waals surface area contributed by atoms with Crippen molar-refractivity contribution in [3.8, 4) is 5.75 Å². The number of para-hydroxylation sites is 2. The first-order valence-electron chi connectivity index (χ1n) is 9.98.